The minimum Gasteiger partial charge on any atom is -0.455 e. The summed E-state index contributed by atoms with van der Waals surface area (Å²) in [5.41, 5.74) is 1.77. The van der Waals surface area contributed by atoms with Crippen molar-refractivity contribution in [3.63, 3.8) is 0 Å². The Morgan fingerprint density at radius 3 is 2.71 bits per heavy atom. The SMILES string of the molecule is CCc1cccc(NC(=O)COC(=O)CSc2ccccc2F)c1. The number of anilines is 1. The smallest absolute Gasteiger partial charge is 0.316 e. The molecule has 0 bridgehead atoms. The average Bonchev–Trinajstić information content (AvgIpc) is 2.59. The molecule has 0 atom stereocenters. The van der Waals surface area contributed by atoms with Gasteiger partial charge in [0.1, 0.15) is 5.82 Å². The van der Waals surface area contributed by atoms with Crippen molar-refractivity contribution in [2.75, 3.05) is 17.7 Å². The highest BCUT2D eigenvalue weighted by Crippen LogP contribution is 2.21. The van der Waals surface area contributed by atoms with Crippen LogP contribution in [0.3, 0.4) is 0 Å². The first kappa shape index (κ1) is 18.0. The van der Waals surface area contributed by atoms with Crippen molar-refractivity contribution >= 4 is 29.3 Å². The fraction of sp³-hybridized carbons (Fsp3) is 0.222. The number of hydrogen-bond acceptors (Lipinski definition) is 4. The number of halogens is 1. The van der Waals surface area contributed by atoms with E-state index >= 15 is 0 Å². The summed E-state index contributed by atoms with van der Waals surface area (Å²) in [6.07, 6.45) is 0.867. The first-order valence-electron chi connectivity index (χ1n) is 7.50. The predicted molar refractivity (Wildman–Crippen MR) is 92.5 cm³/mol. The lowest BCUT2D eigenvalue weighted by atomic mass is 10.1. The van der Waals surface area contributed by atoms with Crippen LogP contribution in [0.1, 0.15) is 12.5 Å². The normalized spacial score (nSPS) is 10.2. The molecule has 0 saturated heterocycles. The third-order valence-electron chi connectivity index (χ3n) is 3.17. The summed E-state index contributed by atoms with van der Waals surface area (Å²) in [5, 5.41) is 2.67. The maximum atomic E-state index is 13.4. The van der Waals surface area contributed by atoms with E-state index in [1.807, 2.05) is 25.1 Å². The lowest BCUT2D eigenvalue weighted by Crippen LogP contribution is -2.21. The second kappa shape index (κ2) is 9.08. The Hall–Kier alpha value is -2.34. The van der Waals surface area contributed by atoms with Crippen molar-refractivity contribution in [3.8, 4) is 0 Å². The molecule has 0 aliphatic rings. The van der Waals surface area contributed by atoms with Crippen LogP contribution in [0, 0.1) is 5.82 Å². The van der Waals surface area contributed by atoms with Crippen LogP contribution in [-0.4, -0.2) is 24.2 Å². The van der Waals surface area contributed by atoms with Crippen LogP contribution in [0.5, 0.6) is 0 Å². The summed E-state index contributed by atoms with van der Waals surface area (Å²) < 4.78 is 18.3. The predicted octanol–water partition coefficient (Wildman–Crippen LogP) is 3.66. The van der Waals surface area contributed by atoms with Crippen LogP contribution in [0.4, 0.5) is 10.1 Å². The second-order valence-electron chi connectivity index (χ2n) is 4.98. The van der Waals surface area contributed by atoms with E-state index in [0.717, 1.165) is 23.7 Å². The van der Waals surface area contributed by atoms with E-state index in [1.165, 1.54) is 6.07 Å². The van der Waals surface area contributed by atoms with E-state index in [2.05, 4.69) is 5.32 Å². The minimum atomic E-state index is -0.569. The Bertz CT molecular complexity index is 721. The van der Waals surface area contributed by atoms with E-state index < -0.39 is 11.9 Å². The zero-order chi connectivity index (χ0) is 17.4. The summed E-state index contributed by atoms with van der Waals surface area (Å²) in [4.78, 5) is 23.8. The summed E-state index contributed by atoms with van der Waals surface area (Å²) in [5.74, 6) is -1.42. The number of esters is 1. The van der Waals surface area contributed by atoms with Gasteiger partial charge in [-0.15, -0.1) is 11.8 Å². The quantitative estimate of drug-likeness (QED) is 0.613. The fourth-order valence-corrected chi connectivity index (χ4v) is 2.69. The number of nitrogens with one attached hydrogen (secondary N) is 1. The second-order valence-corrected chi connectivity index (χ2v) is 6.00. The minimum absolute atomic E-state index is 0.0560. The van der Waals surface area contributed by atoms with Crippen LogP contribution in [0.25, 0.3) is 0 Å². The van der Waals surface area contributed by atoms with Gasteiger partial charge in [0.15, 0.2) is 6.61 Å². The summed E-state index contributed by atoms with van der Waals surface area (Å²) in [7, 11) is 0. The molecule has 1 amide bonds. The molecule has 2 rings (SSSR count). The Morgan fingerprint density at radius 1 is 1.17 bits per heavy atom. The topological polar surface area (TPSA) is 55.4 Å². The third kappa shape index (κ3) is 5.70. The Kier molecular flexibility index (Phi) is 6.81. The lowest BCUT2D eigenvalue weighted by molar-refractivity contribution is -0.144. The molecule has 0 fully saturated rings. The molecule has 1 N–H and O–H groups in total. The van der Waals surface area contributed by atoms with Crippen molar-refractivity contribution < 1.29 is 18.7 Å². The molecule has 0 aliphatic carbocycles. The number of amides is 1. The molecule has 0 unspecified atom stereocenters. The zero-order valence-electron chi connectivity index (χ0n) is 13.3. The number of benzene rings is 2. The van der Waals surface area contributed by atoms with Gasteiger partial charge in [-0.05, 0) is 36.2 Å². The number of hydrogen-bond donors (Lipinski definition) is 1. The Morgan fingerprint density at radius 2 is 1.96 bits per heavy atom. The van der Waals surface area contributed by atoms with Gasteiger partial charge in [0.05, 0.1) is 5.75 Å². The number of carbonyl (C=O) groups is 2. The van der Waals surface area contributed by atoms with Gasteiger partial charge in [-0.2, -0.15) is 0 Å². The molecule has 0 radical (unpaired) electrons. The standard InChI is InChI=1S/C18H18FNO3S/c1-2-13-6-5-7-14(10-13)20-17(21)11-23-18(22)12-24-16-9-4-3-8-15(16)19/h3-10H,2,11-12H2,1H3,(H,20,21). The largest absolute Gasteiger partial charge is 0.455 e. The van der Waals surface area contributed by atoms with Crippen molar-refractivity contribution in [1.29, 1.82) is 0 Å². The molecule has 0 spiro atoms. The van der Waals surface area contributed by atoms with E-state index in [4.69, 9.17) is 4.74 Å². The molecular weight excluding hydrogens is 329 g/mol. The molecule has 4 nitrogen and oxygen atoms in total. The van der Waals surface area contributed by atoms with E-state index in [1.54, 1.807) is 24.3 Å². The highest BCUT2D eigenvalue weighted by atomic mass is 32.2. The van der Waals surface area contributed by atoms with E-state index in [-0.39, 0.29) is 18.2 Å². The first-order chi connectivity index (χ1) is 11.6. The number of aryl methyl sites for hydroxylation is 1. The molecule has 0 saturated carbocycles. The molecular formula is C18H18FNO3S. The van der Waals surface area contributed by atoms with E-state index in [9.17, 15) is 14.0 Å². The van der Waals surface area contributed by atoms with Gasteiger partial charge in [0, 0.05) is 10.6 Å². The van der Waals surface area contributed by atoms with Crippen molar-refractivity contribution in [2.45, 2.75) is 18.2 Å². The van der Waals surface area contributed by atoms with Crippen LogP contribution in [-0.2, 0) is 20.7 Å². The first-order valence-corrected chi connectivity index (χ1v) is 8.48. The Labute approximate surface area is 144 Å². The molecule has 6 heteroatoms. The Balaban J connectivity index is 1.75. The van der Waals surface area contributed by atoms with E-state index in [0.29, 0.717) is 10.6 Å². The molecule has 126 valence electrons. The summed E-state index contributed by atoms with van der Waals surface area (Å²) in [6.45, 7) is 1.66. The van der Waals surface area contributed by atoms with Crippen molar-refractivity contribution in [1.82, 2.24) is 0 Å². The highest BCUT2D eigenvalue weighted by Gasteiger charge is 2.10. The van der Waals surface area contributed by atoms with Crippen molar-refractivity contribution in [2.24, 2.45) is 0 Å². The monoisotopic (exact) mass is 347 g/mol. The highest BCUT2D eigenvalue weighted by molar-refractivity contribution is 8.00. The molecule has 0 heterocycles. The van der Waals surface area contributed by atoms with Crippen LogP contribution in [0.15, 0.2) is 53.4 Å². The van der Waals surface area contributed by atoms with Crippen LogP contribution < -0.4 is 5.32 Å². The molecule has 2 aromatic carbocycles. The van der Waals surface area contributed by atoms with Crippen LogP contribution in [0.2, 0.25) is 0 Å². The maximum absolute atomic E-state index is 13.4. The number of rotatable bonds is 7. The third-order valence-corrected chi connectivity index (χ3v) is 4.19. The lowest BCUT2D eigenvalue weighted by Gasteiger charge is -2.08. The fourth-order valence-electron chi connectivity index (χ4n) is 1.95. The van der Waals surface area contributed by atoms with Gasteiger partial charge in [-0.1, -0.05) is 31.2 Å². The molecule has 0 aliphatic heterocycles. The van der Waals surface area contributed by atoms with Gasteiger partial charge in [0.2, 0.25) is 0 Å². The molecule has 2 aromatic rings. The van der Waals surface area contributed by atoms with Gasteiger partial charge >= 0.3 is 5.97 Å². The maximum Gasteiger partial charge on any atom is 0.316 e. The van der Waals surface area contributed by atoms with Gasteiger partial charge in [0.25, 0.3) is 5.91 Å². The number of ether oxygens (including phenoxy) is 1. The average molecular weight is 347 g/mol. The zero-order valence-corrected chi connectivity index (χ0v) is 14.1. The molecule has 24 heavy (non-hydrogen) atoms. The van der Waals surface area contributed by atoms with Crippen molar-refractivity contribution in [3.05, 3.63) is 59.9 Å². The number of thioether (sulfide) groups is 1. The van der Waals surface area contributed by atoms with Gasteiger partial charge in [-0.3, -0.25) is 9.59 Å². The molecule has 0 aromatic heterocycles. The number of carbonyl (C=O) groups excluding carboxylic acids is 2. The summed E-state index contributed by atoms with van der Waals surface area (Å²) in [6, 6.07) is 13.6. The van der Waals surface area contributed by atoms with Crippen LogP contribution >= 0.6 is 11.8 Å². The summed E-state index contributed by atoms with van der Waals surface area (Å²) >= 11 is 1.03. The van der Waals surface area contributed by atoms with Gasteiger partial charge < -0.3 is 10.1 Å². The van der Waals surface area contributed by atoms with Gasteiger partial charge in [-0.25, -0.2) is 4.39 Å².